The molecule has 0 aliphatic heterocycles. The SMILES string of the molecule is CC(NC(=O)c1cccs1)C(=O)OCC(=O)Nc1cccc2nsnc12. The summed E-state index contributed by atoms with van der Waals surface area (Å²) in [4.78, 5) is 36.3. The van der Waals surface area contributed by atoms with Gasteiger partial charge in [-0.05, 0) is 30.5 Å². The van der Waals surface area contributed by atoms with Gasteiger partial charge in [0.2, 0.25) is 0 Å². The number of benzene rings is 1. The van der Waals surface area contributed by atoms with Crippen molar-refractivity contribution in [3.8, 4) is 0 Å². The van der Waals surface area contributed by atoms with Crippen molar-refractivity contribution < 1.29 is 19.1 Å². The minimum Gasteiger partial charge on any atom is -0.454 e. The van der Waals surface area contributed by atoms with E-state index in [4.69, 9.17) is 4.74 Å². The third-order valence-electron chi connectivity index (χ3n) is 3.35. The van der Waals surface area contributed by atoms with Crippen LogP contribution in [-0.4, -0.2) is 39.2 Å². The number of nitrogens with zero attached hydrogens (tertiary/aromatic N) is 2. The Kier molecular flexibility index (Phi) is 5.54. The van der Waals surface area contributed by atoms with Crippen molar-refractivity contribution in [2.75, 3.05) is 11.9 Å². The van der Waals surface area contributed by atoms with Gasteiger partial charge in [0, 0.05) is 0 Å². The minimum atomic E-state index is -0.872. The van der Waals surface area contributed by atoms with E-state index in [9.17, 15) is 14.4 Å². The summed E-state index contributed by atoms with van der Waals surface area (Å²) in [6.45, 7) is 1.03. The number of esters is 1. The van der Waals surface area contributed by atoms with Crippen LogP contribution in [0.15, 0.2) is 35.7 Å². The molecular weight excluding hydrogens is 376 g/mol. The van der Waals surface area contributed by atoms with E-state index in [2.05, 4.69) is 19.4 Å². The molecule has 26 heavy (non-hydrogen) atoms. The molecule has 3 aromatic rings. The van der Waals surface area contributed by atoms with E-state index >= 15 is 0 Å². The molecule has 3 rings (SSSR count). The van der Waals surface area contributed by atoms with E-state index in [-0.39, 0.29) is 5.91 Å². The molecule has 0 saturated heterocycles. The lowest BCUT2D eigenvalue weighted by molar-refractivity contribution is -0.148. The zero-order valence-corrected chi connectivity index (χ0v) is 15.2. The molecule has 0 saturated carbocycles. The number of thiophene rings is 1. The number of hydrogen-bond donors (Lipinski definition) is 2. The number of carbonyl (C=O) groups is 3. The van der Waals surface area contributed by atoms with Crippen molar-refractivity contribution >= 4 is 57.6 Å². The lowest BCUT2D eigenvalue weighted by Gasteiger charge is -2.13. The lowest BCUT2D eigenvalue weighted by Crippen LogP contribution is -2.40. The Hall–Kier alpha value is -2.85. The van der Waals surface area contributed by atoms with Gasteiger partial charge in [-0.1, -0.05) is 12.1 Å². The first-order valence-electron chi connectivity index (χ1n) is 7.56. The average molecular weight is 390 g/mol. The van der Waals surface area contributed by atoms with Gasteiger partial charge in [0.25, 0.3) is 11.8 Å². The average Bonchev–Trinajstić information content (AvgIpc) is 3.31. The predicted octanol–water partition coefficient (Wildman–Crippen LogP) is 2.05. The molecule has 8 nitrogen and oxygen atoms in total. The first-order valence-corrected chi connectivity index (χ1v) is 9.17. The number of nitrogens with one attached hydrogen (secondary N) is 2. The summed E-state index contributed by atoms with van der Waals surface area (Å²) >= 11 is 2.31. The van der Waals surface area contributed by atoms with Crippen molar-refractivity contribution in [2.24, 2.45) is 0 Å². The van der Waals surface area contributed by atoms with Gasteiger partial charge in [0.15, 0.2) is 6.61 Å². The zero-order valence-electron chi connectivity index (χ0n) is 13.6. The zero-order chi connectivity index (χ0) is 18.5. The molecule has 0 spiro atoms. The van der Waals surface area contributed by atoms with Crippen molar-refractivity contribution in [2.45, 2.75) is 13.0 Å². The molecule has 0 fully saturated rings. The Labute approximate surface area is 156 Å². The number of hydrogen-bond acceptors (Lipinski definition) is 8. The van der Waals surface area contributed by atoms with E-state index in [1.165, 1.54) is 18.3 Å². The summed E-state index contributed by atoms with van der Waals surface area (Å²) in [5.74, 6) is -1.56. The molecule has 1 aromatic carbocycles. The number of aromatic nitrogens is 2. The van der Waals surface area contributed by atoms with Gasteiger partial charge in [0.1, 0.15) is 17.1 Å². The molecule has 0 radical (unpaired) electrons. The Balaban J connectivity index is 1.50. The van der Waals surface area contributed by atoms with Crippen molar-refractivity contribution in [3.63, 3.8) is 0 Å². The lowest BCUT2D eigenvalue weighted by atomic mass is 10.2. The van der Waals surface area contributed by atoms with Gasteiger partial charge >= 0.3 is 5.97 Å². The summed E-state index contributed by atoms with van der Waals surface area (Å²) in [6.07, 6.45) is 0. The topological polar surface area (TPSA) is 110 Å². The van der Waals surface area contributed by atoms with Crippen LogP contribution < -0.4 is 10.6 Å². The molecule has 10 heteroatoms. The normalized spacial score (nSPS) is 11.7. The van der Waals surface area contributed by atoms with Gasteiger partial charge < -0.3 is 15.4 Å². The maximum Gasteiger partial charge on any atom is 0.328 e. The van der Waals surface area contributed by atoms with Crippen LogP contribution in [0.4, 0.5) is 5.69 Å². The highest BCUT2D eigenvalue weighted by Gasteiger charge is 2.19. The number of anilines is 1. The highest BCUT2D eigenvalue weighted by atomic mass is 32.1. The first-order chi connectivity index (χ1) is 12.5. The van der Waals surface area contributed by atoms with Crippen LogP contribution in [0.25, 0.3) is 11.0 Å². The van der Waals surface area contributed by atoms with E-state index in [0.29, 0.717) is 21.6 Å². The molecule has 0 aliphatic carbocycles. The Morgan fingerprint density at radius 1 is 1.19 bits per heavy atom. The van der Waals surface area contributed by atoms with Crippen LogP contribution in [0, 0.1) is 0 Å². The highest BCUT2D eigenvalue weighted by molar-refractivity contribution is 7.12. The second-order valence-electron chi connectivity index (χ2n) is 5.27. The third kappa shape index (κ3) is 4.21. The molecule has 2 heterocycles. The maximum absolute atomic E-state index is 12.0. The third-order valence-corrected chi connectivity index (χ3v) is 4.76. The van der Waals surface area contributed by atoms with Crippen LogP contribution in [0.2, 0.25) is 0 Å². The Morgan fingerprint density at radius 3 is 2.81 bits per heavy atom. The van der Waals surface area contributed by atoms with Crippen LogP contribution in [0.3, 0.4) is 0 Å². The summed E-state index contributed by atoms with van der Waals surface area (Å²) in [5, 5.41) is 6.92. The highest BCUT2D eigenvalue weighted by Crippen LogP contribution is 2.20. The molecule has 0 bridgehead atoms. The quantitative estimate of drug-likeness (QED) is 0.624. The fourth-order valence-corrected chi connectivity index (χ4v) is 3.27. The molecule has 134 valence electrons. The Bertz CT molecular complexity index is 939. The smallest absolute Gasteiger partial charge is 0.328 e. The van der Waals surface area contributed by atoms with Gasteiger partial charge in [0.05, 0.1) is 22.3 Å². The monoisotopic (exact) mass is 390 g/mol. The molecule has 2 amide bonds. The van der Waals surface area contributed by atoms with Gasteiger partial charge in [-0.25, -0.2) is 4.79 Å². The van der Waals surface area contributed by atoms with Crippen LogP contribution in [0.5, 0.6) is 0 Å². The second-order valence-corrected chi connectivity index (χ2v) is 6.74. The Morgan fingerprint density at radius 2 is 2.04 bits per heavy atom. The molecule has 2 N–H and O–H groups in total. The van der Waals surface area contributed by atoms with Crippen molar-refractivity contribution in [3.05, 3.63) is 40.6 Å². The second kappa shape index (κ2) is 8.02. The number of amides is 2. The molecular formula is C16H14N4O4S2. The summed E-state index contributed by atoms with van der Waals surface area (Å²) in [6, 6.07) is 7.74. The number of fused-ring (bicyclic) bond motifs is 1. The molecule has 0 aliphatic rings. The van der Waals surface area contributed by atoms with E-state index in [0.717, 1.165) is 11.7 Å². The van der Waals surface area contributed by atoms with Crippen LogP contribution in [-0.2, 0) is 14.3 Å². The largest absolute Gasteiger partial charge is 0.454 e. The van der Waals surface area contributed by atoms with Crippen molar-refractivity contribution in [1.82, 2.24) is 14.1 Å². The fourth-order valence-electron chi connectivity index (χ4n) is 2.09. The molecule has 1 atom stereocenters. The molecule has 1 unspecified atom stereocenters. The molecule has 2 aromatic heterocycles. The fraction of sp³-hybridized carbons (Fsp3) is 0.188. The van der Waals surface area contributed by atoms with Gasteiger partial charge in [-0.3, -0.25) is 9.59 Å². The van der Waals surface area contributed by atoms with Crippen LogP contribution in [0.1, 0.15) is 16.6 Å². The van der Waals surface area contributed by atoms with E-state index in [1.54, 1.807) is 35.7 Å². The van der Waals surface area contributed by atoms with Crippen LogP contribution >= 0.6 is 23.1 Å². The maximum atomic E-state index is 12.0. The summed E-state index contributed by atoms with van der Waals surface area (Å²) < 4.78 is 13.2. The predicted molar refractivity (Wildman–Crippen MR) is 98.3 cm³/mol. The van der Waals surface area contributed by atoms with Gasteiger partial charge in [-0.15, -0.1) is 11.3 Å². The number of rotatable bonds is 6. The van der Waals surface area contributed by atoms with E-state index in [1.807, 2.05) is 0 Å². The number of ether oxygens (including phenoxy) is 1. The number of carbonyl (C=O) groups excluding carboxylic acids is 3. The van der Waals surface area contributed by atoms with Gasteiger partial charge in [-0.2, -0.15) is 8.75 Å². The van der Waals surface area contributed by atoms with Crippen molar-refractivity contribution in [1.29, 1.82) is 0 Å². The minimum absolute atomic E-state index is 0.364. The standard InChI is InChI=1S/C16H14N4O4S2/c1-9(17-15(22)12-6-3-7-25-12)16(23)24-8-13(21)18-10-4-2-5-11-14(10)20-26-19-11/h2-7,9H,8H2,1H3,(H,17,22)(H,18,21). The van der Waals surface area contributed by atoms with E-state index < -0.39 is 24.5 Å². The summed E-state index contributed by atoms with van der Waals surface area (Å²) in [7, 11) is 0. The first kappa shape index (κ1) is 18.0. The summed E-state index contributed by atoms with van der Waals surface area (Å²) in [5.41, 5.74) is 1.75.